The fraction of sp³-hybridized carbons (Fsp3) is 0.412. The van der Waals surface area contributed by atoms with E-state index in [1.807, 2.05) is 37.3 Å². The van der Waals surface area contributed by atoms with Crippen molar-refractivity contribution in [2.24, 2.45) is 5.73 Å². The summed E-state index contributed by atoms with van der Waals surface area (Å²) in [6, 6.07) is 10.0. The van der Waals surface area contributed by atoms with Crippen molar-refractivity contribution in [3.63, 3.8) is 0 Å². The number of hydrogen-bond donors (Lipinski definition) is 2. The number of nitrogens with one attached hydrogen (secondary N) is 1. The number of aromatic nitrogens is 2. The number of primary amides is 1. The second-order valence-electron chi connectivity index (χ2n) is 5.61. The van der Waals surface area contributed by atoms with Crippen LogP contribution in [0.5, 0.6) is 0 Å². The molecule has 1 heterocycles. The van der Waals surface area contributed by atoms with E-state index < -0.39 is 5.91 Å². The lowest BCUT2D eigenvalue weighted by atomic mass is 10.0. The van der Waals surface area contributed by atoms with Gasteiger partial charge in [0, 0.05) is 0 Å². The van der Waals surface area contributed by atoms with E-state index in [4.69, 9.17) is 5.73 Å². The third-order valence-electron chi connectivity index (χ3n) is 3.47. The monoisotopic (exact) mass is 410 g/mol. The Morgan fingerprint density at radius 1 is 1.23 bits per heavy atom. The molecule has 2 atom stereocenters. The van der Waals surface area contributed by atoms with Crippen LogP contribution in [0.2, 0.25) is 0 Å². The second kappa shape index (κ2) is 10.5. The van der Waals surface area contributed by atoms with Gasteiger partial charge in [0.1, 0.15) is 0 Å². The van der Waals surface area contributed by atoms with Crippen molar-refractivity contribution in [3.8, 4) is 0 Å². The molecule has 0 aliphatic heterocycles. The van der Waals surface area contributed by atoms with Crippen LogP contribution in [0.15, 0.2) is 39.0 Å². The molecule has 0 aliphatic carbocycles. The molecule has 2 amide bonds. The van der Waals surface area contributed by atoms with Crippen molar-refractivity contribution in [1.29, 1.82) is 0 Å². The van der Waals surface area contributed by atoms with Crippen LogP contribution in [-0.4, -0.2) is 33.0 Å². The van der Waals surface area contributed by atoms with Gasteiger partial charge in [-0.1, -0.05) is 78.5 Å². The molecule has 2 aromatic rings. The van der Waals surface area contributed by atoms with Gasteiger partial charge in [-0.25, -0.2) is 0 Å². The van der Waals surface area contributed by atoms with E-state index in [9.17, 15) is 9.59 Å². The summed E-state index contributed by atoms with van der Waals surface area (Å²) < 4.78 is 1.37. The van der Waals surface area contributed by atoms with E-state index in [1.165, 1.54) is 34.9 Å². The van der Waals surface area contributed by atoms with E-state index in [-0.39, 0.29) is 23.0 Å². The van der Waals surface area contributed by atoms with Crippen molar-refractivity contribution in [3.05, 3.63) is 35.9 Å². The lowest BCUT2D eigenvalue weighted by Crippen LogP contribution is -2.34. The third-order valence-corrected chi connectivity index (χ3v) is 6.73. The molecule has 26 heavy (non-hydrogen) atoms. The van der Waals surface area contributed by atoms with Gasteiger partial charge in [0.05, 0.1) is 17.0 Å². The summed E-state index contributed by atoms with van der Waals surface area (Å²) >= 11 is 3.98. The number of hydrogen-bond acceptors (Lipinski definition) is 7. The highest BCUT2D eigenvalue weighted by Crippen LogP contribution is 2.31. The highest BCUT2D eigenvalue weighted by atomic mass is 32.2. The molecule has 9 heteroatoms. The van der Waals surface area contributed by atoms with Crippen LogP contribution in [0.25, 0.3) is 0 Å². The van der Waals surface area contributed by atoms with Crippen molar-refractivity contribution in [2.75, 3.05) is 5.75 Å². The summed E-state index contributed by atoms with van der Waals surface area (Å²) in [5.74, 6) is -0.251. The molecule has 0 saturated carbocycles. The van der Waals surface area contributed by atoms with E-state index in [0.29, 0.717) is 8.68 Å². The molecule has 1 aromatic carbocycles. The van der Waals surface area contributed by atoms with Crippen LogP contribution in [0.1, 0.15) is 38.3 Å². The van der Waals surface area contributed by atoms with Crippen molar-refractivity contribution >= 4 is 46.7 Å². The topological polar surface area (TPSA) is 98.0 Å². The molecule has 0 bridgehead atoms. The Bertz CT molecular complexity index is 724. The van der Waals surface area contributed by atoms with Gasteiger partial charge in [-0.3, -0.25) is 9.59 Å². The SMILES string of the molecule is CCCC(NC(=O)C(C)Sc1nnc(SCC(N)=O)s1)c1ccccc1. The zero-order chi connectivity index (χ0) is 18.9. The van der Waals surface area contributed by atoms with Crippen LogP contribution < -0.4 is 11.1 Å². The summed E-state index contributed by atoms with van der Waals surface area (Å²) in [5.41, 5.74) is 6.24. The van der Waals surface area contributed by atoms with Gasteiger partial charge < -0.3 is 11.1 Å². The molecule has 2 unspecified atom stereocenters. The Morgan fingerprint density at radius 3 is 2.58 bits per heavy atom. The number of rotatable bonds is 10. The minimum absolute atomic E-state index is 0.00727. The predicted octanol–water partition coefficient (Wildman–Crippen LogP) is 3.25. The van der Waals surface area contributed by atoms with E-state index >= 15 is 0 Å². The largest absolute Gasteiger partial charge is 0.369 e. The highest BCUT2D eigenvalue weighted by Gasteiger charge is 2.21. The molecule has 0 fully saturated rings. The zero-order valence-corrected chi connectivity index (χ0v) is 17.1. The van der Waals surface area contributed by atoms with E-state index in [1.54, 1.807) is 0 Å². The molecule has 6 nitrogen and oxygen atoms in total. The number of benzene rings is 1. The number of thioether (sulfide) groups is 2. The summed E-state index contributed by atoms with van der Waals surface area (Å²) in [6.07, 6.45) is 1.87. The summed E-state index contributed by atoms with van der Waals surface area (Å²) in [5, 5.41) is 10.9. The number of carbonyl (C=O) groups is 2. The minimum atomic E-state index is -0.393. The van der Waals surface area contributed by atoms with Crippen molar-refractivity contribution < 1.29 is 9.59 Å². The molecule has 0 saturated heterocycles. The maximum atomic E-state index is 12.6. The molecule has 2 rings (SSSR count). The summed E-state index contributed by atoms with van der Waals surface area (Å²) in [7, 11) is 0. The van der Waals surface area contributed by atoms with Crippen LogP contribution in [0, 0.1) is 0 Å². The zero-order valence-electron chi connectivity index (χ0n) is 14.7. The lowest BCUT2D eigenvalue weighted by molar-refractivity contribution is -0.121. The molecular formula is C17H22N4O2S3. The maximum Gasteiger partial charge on any atom is 0.233 e. The quantitative estimate of drug-likeness (QED) is 0.584. The Hall–Kier alpha value is -1.58. The Labute approximate surface area is 165 Å². The fourth-order valence-electron chi connectivity index (χ4n) is 2.23. The lowest BCUT2D eigenvalue weighted by Gasteiger charge is -2.20. The average molecular weight is 411 g/mol. The minimum Gasteiger partial charge on any atom is -0.369 e. The number of amides is 2. The van der Waals surface area contributed by atoms with Crippen LogP contribution >= 0.6 is 34.9 Å². The van der Waals surface area contributed by atoms with Gasteiger partial charge in [-0.15, -0.1) is 10.2 Å². The molecular weight excluding hydrogens is 388 g/mol. The number of carbonyl (C=O) groups excluding carboxylic acids is 2. The standard InChI is InChI=1S/C17H22N4O2S3/c1-3-7-13(12-8-5-4-6-9-12)19-15(23)11(2)25-17-21-20-16(26-17)24-10-14(18)22/h4-6,8-9,11,13H,3,7,10H2,1-2H3,(H2,18,22)(H,19,23). The Morgan fingerprint density at radius 2 is 1.92 bits per heavy atom. The Balaban J connectivity index is 1.92. The van der Waals surface area contributed by atoms with E-state index in [0.717, 1.165) is 18.4 Å². The first-order valence-corrected chi connectivity index (χ1v) is 10.9. The first-order valence-electron chi connectivity index (χ1n) is 8.26. The fourth-order valence-corrected chi connectivity index (χ4v) is 5.14. The van der Waals surface area contributed by atoms with Crippen molar-refractivity contribution in [1.82, 2.24) is 15.5 Å². The third kappa shape index (κ3) is 6.62. The average Bonchev–Trinajstić information content (AvgIpc) is 3.07. The van der Waals surface area contributed by atoms with Crippen LogP contribution in [-0.2, 0) is 9.59 Å². The smallest absolute Gasteiger partial charge is 0.233 e. The number of nitrogens with zero attached hydrogens (tertiary/aromatic N) is 2. The summed E-state index contributed by atoms with van der Waals surface area (Å²) in [6.45, 7) is 3.96. The molecule has 0 radical (unpaired) electrons. The van der Waals surface area contributed by atoms with Gasteiger partial charge in [0.2, 0.25) is 11.8 Å². The molecule has 0 spiro atoms. The summed E-state index contributed by atoms with van der Waals surface area (Å²) in [4.78, 5) is 23.4. The normalized spacial score (nSPS) is 13.2. The second-order valence-corrected chi connectivity index (χ2v) is 9.40. The van der Waals surface area contributed by atoms with Gasteiger partial charge in [-0.2, -0.15) is 0 Å². The van der Waals surface area contributed by atoms with Gasteiger partial charge in [0.15, 0.2) is 8.68 Å². The van der Waals surface area contributed by atoms with Crippen molar-refractivity contribution in [2.45, 2.75) is 46.7 Å². The molecule has 0 aliphatic rings. The van der Waals surface area contributed by atoms with Gasteiger partial charge >= 0.3 is 0 Å². The number of nitrogens with two attached hydrogens (primary N) is 1. The predicted molar refractivity (Wildman–Crippen MR) is 107 cm³/mol. The molecule has 140 valence electrons. The molecule has 3 N–H and O–H groups in total. The van der Waals surface area contributed by atoms with Crippen LogP contribution in [0.4, 0.5) is 0 Å². The van der Waals surface area contributed by atoms with Gasteiger partial charge in [-0.05, 0) is 18.9 Å². The van der Waals surface area contributed by atoms with Gasteiger partial charge in [0.25, 0.3) is 0 Å². The first kappa shape index (κ1) is 20.7. The first-order chi connectivity index (χ1) is 12.5. The van der Waals surface area contributed by atoms with E-state index in [2.05, 4.69) is 22.4 Å². The molecule has 1 aromatic heterocycles. The highest BCUT2D eigenvalue weighted by molar-refractivity contribution is 8.04. The Kier molecular flexibility index (Phi) is 8.40. The van der Waals surface area contributed by atoms with Crippen LogP contribution in [0.3, 0.4) is 0 Å². The maximum absolute atomic E-state index is 12.6.